The molecule has 4 aromatic heterocycles. The van der Waals surface area contributed by atoms with Crippen LogP contribution in [0.25, 0.3) is 22.1 Å². The SMILES string of the molecule is COCCn1nc(C)c2cc(Nc3n[nH]c4cccnc34)cnc21. The molecule has 4 rings (SSSR count). The number of ether oxygens (including phenoxy) is 1. The van der Waals surface area contributed by atoms with E-state index in [0.717, 1.165) is 33.4 Å². The van der Waals surface area contributed by atoms with Crippen molar-refractivity contribution in [3.8, 4) is 0 Å². The molecule has 0 aliphatic rings. The Balaban J connectivity index is 1.69. The number of hydrogen-bond donors (Lipinski definition) is 2. The maximum atomic E-state index is 5.12. The zero-order valence-corrected chi connectivity index (χ0v) is 13.4. The van der Waals surface area contributed by atoms with Crippen molar-refractivity contribution in [2.24, 2.45) is 0 Å². The molecule has 0 aliphatic carbocycles. The van der Waals surface area contributed by atoms with Crippen LogP contribution in [0.15, 0.2) is 30.6 Å². The van der Waals surface area contributed by atoms with Gasteiger partial charge in [-0.1, -0.05) is 0 Å². The van der Waals surface area contributed by atoms with Crippen molar-refractivity contribution in [1.82, 2.24) is 29.9 Å². The van der Waals surface area contributed by atoms with E-state index >= 15 is 0 Å². The summed E-state index contributed by atoms with van der Waals surface area (Å²) in [4.78, 5) is 8.89. The molecule has 122 valence electrons. The molecule has 0 aliphatic heterocycles. The summed E-state index contributed by atoms with van der Waals surface area (Å²) in [6.07, 6.45) is 3.52. The normalized spacial score (nSPS) is 11.4. The number of aromatic nitrogens is 6. The lowest BCUT2D eigenvalue weighted by Crippen LogP contribution is -2.06. The van der Waals surface area contributed by atoms with Gasteiger partial charge in [-0.05, 0) is 25.1 Å². The van der Waals surface area contributed by atoms with Crippen molar-refractivity contribution in [2.75, 3.05) is 19.0 Å². The van der Waals surface area contributed by atoms with E-state index in [4.69, 9.17) is 4.74 Å². The maximum Gasteiger partial charge on any atom is 0.178 e. The fourth-order valence-electron chi connectivity index (χ4n) is 2.69. The van der Waals surface area contributed by atoms with Crippen molar-refractivity contribution in [1.29, 1.82) is 0 Å². The first-order valence-electron chi connectivity index (χ1n) is 7.64. The number of anilines is 2. The minimum Gasteiger partial charge on any atom is -0.383 e. The van der Waals surface area contributed by atoms with Gasteiger partial charge in [0, 0.05) is 18.7 Å². The van der Waals surface area contributed by atoms with Crippen molar-refractivity contribution in [2.45, 2.75) is 13.5 Å². The minimum absolute atomic E-state index is 0.600. The lowest BCUT2D eigenvalue weighted by atomic mass is 10.2. The van der Waals surface area contributed by atoms with Crippen LogP contribution in [0.2, 0.25) is 0 Å². The third kappa shape index (κ3) is 2.46. The molecule has 0 saturated heterocycles. The Morgan fingerprint density at radius 1 is 1.33 bits per heavy atom. The molecule has 4 heterocycles. The lowest BCUT2D eigenvalue weighted by Gasteiger charge is -2.04. The topological polar surface area (TPSA) is 93.5 Å². The maximum absolute atomic E-state index is 5.12. The largest absolute Gasteiger partial charge is 0.383 e. The van der Waals surface area contributed by atoms with Gasteiger partial charge < -0.3 is 10.1 Å². The van der Waals surface area contributed by atoms with E-state index in [-0.39, 0.29) is 0 Å². The van der Waals surface area contributed by atoms with Crippen molar-refractivity contribution in [3.05, 3.63) is 36.3 Å². The first kappa shape index (κ1) is 14.6. The van der Waals surface area contributed by atoms with E-state index in [1.165, 1.54) is 0 Å². The molecule has 8 heteroatoms. The number of fused-ring (bicyclic) bond motifs is 2. The first-order valence-corrected chi connectivity index (χ1v) is 7.64. The minimum atomic E-state index is 0.600. The number of H-pyrrole nitrogens is 1. The van der Waals surface area contributed by atoms with Gasteiger partial charge >= 0.3 is 0 Å². The van der Waals surface area contributed by atoms with Gasteiger partial charge in [-0.25, -0.2) is 9.67 Å². The second kappa shape index (κ2) is 5.89. The lowest BCUT2D eigenvalue weighted by molar-refractivity contribution is 0.184. The van der Waals surface area contributed by atoms with Gasteiger partial charge in [-0.3, -0.25) is 10.1 Å². The molecule has 0 aromatic carbocycles. The van der Waals surface area contributed by atoms with E-state index in [1.807, 2.05) is 29.8 Å². The summed E-state index contributed by atoms with van der Waals surface area (Å²) in [7, 11) is 1.68. The molecular formula is C16H17N7O. The average Bonchev–Trinajstić information content (AvgIpc) is 3.15. The third-order valence-electron chi connectivity index (χ3n) is 3.86. The Hall–Kier alpha value is -3.00. The number of nitrogens with one attached hydrogen (secondary N) is 2. The summed E-state index contributed by atoms with van der Waals surface area (Å²) in [6.45, 7) is 3.25. The molecule has 0 atom stereocenters. The number of nitrogens with zero attached hydrogens (tertiary/aromatic N) is 5. The molecule has 0 saturated carbocycles. The van der Waals surface area contributed by atoms with Crippen LogP contribution >= 0.6 is 0 Å². The number of aromatic amines is 1. The quantitative estimate of drug-likeness (QED) is 0.586. The van der Waals surface area contributed by atoms with E-state index in [9.17, 15) is 0 Å². The molecule has 8 nitrogen and oxygen atoms in total. The monoisotopic (exact) mass is 323 g/mol. The molecule has 0 unspecified atom stereocenters. The van der Waals surface area contributed by atoms with Crippen molar-refractivity contribution >= 4 is 33.6 Å². The summed E-state index contributed by atoms with van der Waals surface area (Å²) < 4.78 is 6.98. The van der Waals surface area contributed by atoms with Crippen LogP contribution in [0.3, 0.4) is 0 Å². The first-order chi connectivity index (χ1) is 11.8. The Labute approximate surface area is 137 Å². The van der Waals surface area contributed by atoms with Crippen LogP contribution in [0, 0.1) is 6.92 Å². The van der Waals surface area contributed by atoms with Crippen LogP contribution in [0.1, 0.15) is 5.69 Å². The number of hydrogen-bond acceptors (Lipinski definition) is 6. The zero-order chi connectivity index (χ0) is 16.5. The van der Waals surface area contributed by atoms with E-state index in [2.05, 4.69) is 30.6 Å². The summed E-state index contributed by atoms with van der Waals surface area (Å²) in [5, 5.41) is 16.0. The molecule has 0 fully saturated rings. The third-order valence-corrected chi connectivity index (χ3v) is 3.86. The smallest absolute Gasteiger partial charge is 0.178 e. The fraction of sp³-hybridized carbons (Fsp3) is 0.250. The second-order valence-electron chi connectivity index (χ2n) is 5.49. The highest BCUT2D eigenvalue weighted by atomic mass is 16.5. The summed E-state index contributed by atoms with van der Waals surface area (Å²) >= 11 is 0. The number of aryl methyl sites for hydroxylation is 1. The predicted octanol–water partition coefficient (Wildman–Crippen LogP) is 2.40. The Morgan fingerprint density at radius 2 is 2.25 bits per heavy atom. The van der Waals surface area contributed by atoms with Crippen molar-refractivity contribution in [3.63, 3.8) is 0 Å². The van der Waals surface area contributed by atoms with Gasteiger partial charge in [-0.15, -0.1) is 0 Å². The molecule has 24 heavy (non-hydrogen) atoms. The van der Waals surface area contributed by atoms with E-state index in [1.54, 1.807) is 19.5 Å². The van der Waals surface area contributed by atoms with Crippen LogP contribution in [0.4, 0.5) is 11.5 Å². The molecular weight excluding hydrogens is 306 g/mol. The molecule has 2 N–H and O–H groups in total. The van der Waals surface area contributed by atoms with Crippen LogP contribution in [0.5, 0.6) is 0 Å². The average molecular weight is 323 g/mol. The number of pyridine rings is 2. The van der Waals surface area contributed by atoms with Crippen LogP contribution < -0.4 is 5.32 Å². The molecule has 0 radical (unpaired) electrons. The van der Waals surface area contributed by atoms with Gasteiger partial charge in [0.25, 0.3) is 0 Å². The molecule has 0 amide bonds. The summed E-state index contributed by atoms with van der Waals surface area (Å²) in [6, 6.07) is 5.83. The van der Waals surface area contributed by atoms with Gasteiger partial charge in [-0.2, -0.15) is 10.2 Å². The Morgan fingerprint density at radius 3 is 3.12 bits per heavy atom. The van der Waals surface area contributed by atoms with Gasteiger partial charge in [0.15, 0.2) is 11.5 Å². The van der Waals surface area contributed by atoms with Gasteiger partial charge in [0.05, 0.1) is 36.2 Å². The fourth-order valence-corrected chi connectivity index (χ4v) is 2.69. The number of rotatable bonds is 5. The molecule has 0 spiro atoms. The highest BCUT2D eigenvalue weighted by Gasteiger charge is 2.11. The van der Waals surface area contributed by atoms with Crippen LogP contribution in [-0.4, -0.2) is 43.7 Å². The highest BCUT2D eigenvalue weighted by molar-refractivity contribution is 5.89. The standard InChI is InChI=1S/C16H17N7O/c1-10-12-8-11(9-18-16(12)23(22-10)6-7-24-2)19-15-14-13(20-21-15)4-3-5-17-14/h3-5,8-9H,6-7H2,1-2H3,(H2,19,20,21). The summed E-state index contributed by atoms with van der Waals surface area (Å²) in [5.41, 5.74) is 4.31. The Kier molecular flexibility index (Phi) is 3.58. The van der Waals surface area contributed by atoms with E-state index < -0.39 is 0 Å². The predicted molar refractivity (Wildman–Crippen MR) is 91.3 cm³/mol. The van der Waals surface area contributed by atoms with E-state index in [0.29, 0.717) is 19.0 Å². The molecule has 0 bridgehead atoms. The van der Waals surface area contributed by atoms with Crippen LogP contribution in [-0.2, 0) is 11.3 Å². The second-order valence-corrected chi connectivity index (χ2v) is 5.49. The highest BCUT2D eigenvalue weighted by Crippen LogP contribution is 2.25. The van der Waals surface area contributed by atoms with Gasteiger partial charge in [0.1, 0.15) is 5.52 Å². The summed E-state index contributed by atoms with van der Waals surface area (Å²) in [5.74, 6) is 0.677. The molecule has 4 aromatic rings. The van der Waals surface area contributed by atoms with Gasteiger partial charge in [0.2, 0.25) is 0 Å². The zero-order valence-electron chi connectivity index (χ0n) is 13.4. The number of methoxy groups -OCH3 is 1. The van der Waals surface area contributed by atoms with Crippen molar-refractivity contribution < 1.29 is 4.74 Å². The Bertz CT molecular complexity index is 1000.